The van der Waals surface area contributed by atoms with Gasteiger partial charge in [-0.15, -0.1) is 0 Å². The Balaban J connectivity index is 2.57. The number of nitrogens with one attached hydrogen (secondary N) is 2. The summed E-state index contributed by atoms with van der Waals surface area (Å²) >= 11 is 0. The summed E-state index contributed by atoms with van der Waals surface area (Å²) in [4.78, 5) is 15.3. The summed E-state index contributed by atoms with van der Waals surface area (Å²) in [5.41, 5.74) is 8.36. The Hall–Kier alpha value is -2.43. The average molecular weight is 242 g/mol. The Morgan fingerprint density at radius 2 is 2.11 bits per heavy atom. The fraction of sp³-hybridized carbons (Fsp3) is 0.154. The Labute approximate surface area is 105 Å². The Kier molecular flexibility index (Phi) is 2.97. The molecule has 4 N–H and O–H groups in total. The third kappa shape index (κ3) is 2.29. The molecule has 0 bridgehead atoms. The molecule has 0 aliphatic carbocycles. The van der Waals surface area contributed by atoms with Crippen LogP contribution >= 0.6 is 0 Å². The third-order valence-corrected chi connectivity index (χ3v) is 2.61. The number of benzene rings is 1. The number of nitrogen functional groups attached to an aromatic ring is 1. The summed E-state index contributed by atoms with van der Waals surface area (Å²) in [6.07, 6.45) is 0. The number of aromatic nitrogens is 1. The molecule has 1 aromatic heterocycles. The first-order valence-electron chi connectivity index (χ1n) is 5.51. The molecule has 92 valence electrons. The minimum atomic E-state index is -0.111. The lowest BCUT2D eigenvalue weighted by atomic mass is 10.1. The van der Waals surface area contributed by atoms with Crippen LogP contribution < -0.4 is 11.1 Å². The van der Waals surface area contributed by atoms with Crippen LogP contribution in [0.5, 0.6) is 0 Å². The number of hydrogen-bond acceptors (Lipinski definition) is 3. The highest BCUT2D eigenvalue weighted by atomic mass is 16.1. The van der Waals surface area contributed by atoms with E-state index >= 15 is 0 Å². The molecule has 2 rings (SSSR count). The van der Waals surface area contributed by atoms with Gasteiger partial charge in [-0.05, 0) is 36.8 Å². The maximum absolute atomic E-state index is 11.0. The molecule has 1 heterocycles. The zero-order valence-electron chi connectivity index (χ0n) is 10.2. The van der Waals surface area contributed by atoms with Crippen LogP contribution in [-0.4, -0.2) is 16.7 Å². The maximum atomic E-state index is 11.0. The average Bonchev–Trinajstić information content (AvgIpc) is 2.28. The largest absolute Gasteiger partial charge is 0.382 e. The van der Waals surface area contributed by atoms with Gasteiger partial charge >= 0.3 is 0 Å². The van der Waals surface area contributed by atoms with E-state index in [1.54, 1.807) is 18.2 Å². The molecule has 0 radical (unpaired) electrons. The lowest BCUT2D eigenvalue weighted by molar-refractivity contribution is -0.114. The summed E-state index contributed by atoms with van der Waals surface area (Å²) in [5, 5.41) is 11.1. The predicted octanol–water partition coefficient (Wildman–Crippen LogP) is 1.79. The number of carbonyl (C=O) groups excluding carboxylic acids is 1. The van der Waals surface area contributed by atoms with Crippen molar-refractivity contribution in [2.45, 2.75) is 13.8 Å². The van der Waals surface area contributed by atoms with Crippen molar-refractivity contribution in [3.05, 3.63) is 35.5 Å². The molecule has 0 aliphatic heterocycles. The number of aryl methyl sites for hydroxylation is 1. The Morgan fingerprint density at radius 3 is 2.72 bits per heavy atom. The van der Waals surface area contributed by atoms with Gasteiger partial charge in [0.25, 0.3) is 0 Å². The van der Waals surface area contributed by atoms with Crippen molar-refractivity contribution in [2.24, 2.45) is 5.73 Å². The lowest BCUT2D eigenvalue weighted by Gasteiger charge is -2.08. The molecule has 0 fully saturated rings. The molecule has 0 atom stereocenters. The van der Waals surface area contributed by atoms with Crippen molar-refractivity contribution in [3.8, 4) is 0 Å². The topological polar surface area (TPSA) is 91.9 Å². The van der Waals surface area contributed by atoms with E-state index < -0.39 is 0 Å². The van der Waals surface area contributed by atoms with Crippen LogP contribution in [-0.2, 0) is 4.79 Å². The number of pyridine rings is 1. The Morgan fingerprint density at radius 1 is 1.39 bits per heavy atom. The normalized spacial score (nSPS) is 10.3. The van der Waals surface area contributed by atoms with E-state index in [0.717, 1.165) is 22.2 Å². The van der Waals surface area contributed by atoms with Gasteiger partial charge in [0.2, 0.25) is 5.91 Å². The lowest BCUT2D eigenvalue weighted by Crippen LogP contribution is -2.13. The van der Waals surface area contributed by atoms with Crippen LogP contribution in [0.25, 0.3) is 10.9 Å². The van der Waals surface area contributed by atoms with Gasteiger partial charge in [0, 0.05) is 18.0 Å². The van der Waals surface area contributed by atoms with Crippen LogP contribution in [0.3, 0.4) is 0 Å². The third-order valence-electron chi connectivity index (χ3n) is 2.61. The van der Waals surface area contributed by atoms with Crippen molar-refractivity contribution in [2.75, 3.05) is 5.32 Å². The van der Waals surface area contributed by atoms with Crippen molar-refractivity contribution in [3.63, 3.8) is 0 Å². The van der Waals surface area contributed by atoms with E-state index in [4.69, 9.17) is 11.1 Å². The molecule has 0 unspecified atom stereocenters. The monoisotopic (exact) mass is 242 g/mol. The molecule has 0 aliphatic rings. The van der Waals surface area contributed by atoms with E-state index in [9.17, 15) is 4.79 Å². The van der Waals surface area contributed by atoms with E-state index in [-0.39, 0.29) is 11.7 Å². The summed E-state index contributed by atoms with van der Waals surface area (Å²) < 4.78 is 0. The van der Waals surface area contributed by atoms with Gasteiger partial charge in [0.05, 0.1) is 5.52 Å². The van der Waals surface area contributed by atoms with Gasteiger partial charge in [-0.1, -0.05) is 0 Å². The smallest absolute Gasteiger partial charge is 0.221 e. The number of amides is 1. The molecule has 18 heavy (non-hydrogen) atoms. The van der Waals surface area contributed by atoms with Crippen molar-refractivity contribution >= 4 is 28.3 Å². The van der Waals surface area contributed by atoms with Crippen molar-refractivity contribution < 1.29 is 4.79 Å². The Bertz CT molecular complexity index is 649. The zero-order chi connectivity index (χ0) is 13.3. The molecular formula is C13H14N4O. The summed E-state index contributed by atoms with van der Waals surface area (Å²) in [7, 11) is 0. The van der Waals surface area contributed by atoms with Crippen LogP contribution in [0, 0.1) is 12.3 Å². The minimum Gasteiger partial charge on any atom is -0.382 e. The standard InChI is InChI=1S/C13H14N4O/c1-7-5-12(13(14)15)17-11-4-3-9(6-10(7)11)16-8(2)18/h3-6H,1-2H3,(H3,14,15)(H,16,18). The van der Waals surface area contributed by atoms with Gasteiger partial charge in [-0.3, -0.25) is 10.2 Å². The fourth-order valence-electron chi connectivity index (χ4n) is 1.81. The SMILES string of the molecule is CC(=O)Nc1ccc2nc(C(=N)N)cc(C)c2c1. The molecule has 2 aromatic rings. The molecule has 5 nitrogen and oxygen atoms in total. The van der Waals surface area contributed by atoms with Crippen LogP contribution in [0.4, 0.5) is 5.69 Å². The highest BCUT2D eigenvalue weighted by Gasteiger charge is 2.06. The second kappa shape index (κ2) is 4.44. The van der Waals surface area contributed by atoms with E-state index in [0.29, 0.717) is 5.69 Å². The number of carbonyl (C=O) groups is 1. The number of amidine groups is 1. The maximum Gasteiger partial charge on any atom is 0.221 e. The fourth-order valence-corrected chi connectivity index (χ4v) is 1.81. The molecule has 0 saturated carbocycles. The van der Waals surface area contributed by atoms with Crippen LogP contribution in [0.2, 0.25) is 0 Å². The minimum absolute atomic E-state index is 0.0501. The molecule has 0 spiro atoms. The molecule has 5 heteroatoms. The highest BCUT2D eigenvalue weighted by Crippen LogP contribution is 2.21. The molecule has 0 saturated heterocycles. The van der Waals surface area contributed by atoms with Crippen molar-refractivity contribution in [1.82, 2.24) is 4.98 Å². The number of fused-ring (bicyclic) bond motifs is 1. The zero-order valence-corrected chi connectivity index (χ0v) is 10.2. The first kappa shape index (κ1) is 12.0. The second-order valence-corrected chi connectivity index (χ2v) is 4.15. The summed E-state index contributed by atoms with van der Waals surface area (Å²) in [5.74, 6) is -0.161. The van der Waals surface area contributed by atoms with Gasteiger partial charge in [0.15, 0.2) is 0 Å². The highest BCUT2D eigenvalue weighted by molar-refractivity contribution is 5.98. The van der Waals surface area contributed by atoms with E-state index in [1.807, 2.05) is 13.0 Å². The first-order valence-corrected chi connectivity index (χ1v) is 5.51. The molecule has 1 aromatic carbocycles. The van der Waals surface area contributed by atoms with E-state index in [1.165, 1.54) is 6.92 Å². The number of nitrogens with zero attached hydrogens (tertiary/aromatic N) is 1. The van der Waals surface area contributed by atoms with E-state index in [2.05, 4.69) is 10.3 Å². The van der Waals surface area contributed by atoms with Gasteiger partial charge < -0.3 is 11.1 Å². The van der Waals surface area contributed by atoms with Crippen LogP contribution in [0.1, 0.15) is 18.2 Å². The summed E-state index contributed by atoms with van der Waals surface area (Å²) in [6.45, 7) is 3.39. The molecule has 1 amide bonds. The quantitative estimate of drug-likeness (QED) is 0.553. The van der Waals surface area contributed by atoms with Crippen molar-refractivity contribution in [1.29, 1.82) is 5.41 Å². The number of hydrogen-bond donors (Lipinski definition) is 3. The number of nitrogens with two attached hydrogens (primary N) is 1. The summed E-state index contributed by atoms with van der Waals surface area (Å²) in [6, 6.07) is 7.21. The first-order chi connectivity index (χ1) is 8.47. The number of rotatable bonds is 2. The number of anilines is 1. The molecular weight excluding hydrogens is 228 g/mol. The van der Waals surface area contributed by atoms with Gasteiger partial charge in [-0.2, -0.15) is 0 Å². The van der Waals surface area contributed by atoms with Crippen LogP contribution in [0.15, 0.2) is 24.3 Å². The predicted molar refractivity (Wildman–Crippen MR) is 71.8 cm³/mol. The van der Waals surface area contributed by atoms with Gasteiger partial charge in [-0.25, -0.2) is 4.98 Å². The van der Waals surface area contributed by atoms with Gasteiger partial charge in [0.1, 0.15) is 11.5 Å². The second-order valence-electron chi connectivity index (χ2n) is 4.15.